The quantitative estimate of drug-likeness (QED) is 0.297. The van der Waals surface area contributed by atoms with Crippen molar-refractivity contribution in [3.63, 3.8) is 0 Å². The Hall–Kier alpha value is -2.56. The van der Waals surface area contributed by atoms with Gasteiger partial charge in [0, 0.05) is 10.2 Å². The SMILES string of the molecule is Nc1cc(C(=O)OC(=O)c2ccc(C(F)(F)F)c(Br)c2)ccc1C(F)(F)F. The lowest BCUT2D eigenvalue weighted by Crippen LogP contribution is -2.15. The molecule has 27 heavy (non-hydrogen) atoms. The van der Waals surface area contributed by atoms with Gasteiger partial charge in [-0.15, -0.1) is 0 Å². The molecular weight excluding hydrogens is 448 g/mol. The van der Waals surface area contributed by atoms with Crippen LogP contribution in [0, 0.1) is 0 Å². The number of hydrogen-bond donors (Lipinski definition) is 1. The highest BCUT2D eigenvalue weighted by molar-refractivity contribution is 9.10. The molecule has 2 aromatic rings. The fourth-order valence-corrected chi connectivity index (χ4v) is 2.63. The Kier molecular flexibility index (Phi) is 5.55. The molecule has 11 heteroatoms. The van der Waals surface area contributed by atoms with Gasteiger partial charge < -0.3 is 10.5 Å². The molecule has 0 radical (unpaired) electrons. The van der Waals surface area contributed by atoms with Crippen molar-refractivity contribution in [2.45, 2.75) is 12.4 Å². The van der Waals surface area contributed by atoms with E-state index in [9.17, 15) is 35.9 Å². The fourth-order valence-electron chi connectivity index (χ4n) is 2.02. The zero-order valence-electron chi connectivity index (χ0n) is 12.9. The van der Waals surface area contributed by atoms with Crippen molar-refractivity contribution in [3.05, 3.63) is 63.1 Å². The number of nitrogens with two attached hydrogens (primary N) is 1. The van der Waals surface area contributed by atoms with Crippen LogP contribution in [0.5, 0.6) is 0 Å². The molecule has 0 spiro atoms. The first-order valence-electron chi connectivity index (χ1n) is 6.90. The molecule has 0 fully saturated rings. The normalized spacial score (nSPS) is 12.0. The van der Waals surface area contributed by atoms with Crippen LogP contribution in [0.25, 0.3) is 0 Å². The third-order valence-corrected chi connectivity index (χ3v) is 3.94. The number of carbonyl (C=O) groups is 2. The largest absolute Gasteiger partial charge is 0.418 e. The van der Waals surface area contributed by atoms with Gasteiger partial charge in [-0.05, 0) is 36.4 Å². The first-order valence-corrected chi connectivity index (χ1v) is 7.70. The number of benzene rings is 2. The molecule has 0 aliphatic heterocycles. The first-order chi connectivity index (χ1) is 12.3. The van der Waals surface area contributed by atoms with Gasteiger partial charge in [0.2, 0.25) is 0 Å². The number of nitrogen functional groups attached to an aromatic ring is 1. The van der Waals surface area contributed by atoms with E-state index in [1.807, 2.05) is 0 Å². The highest BCUT2D eigenvalue weighted by Crippen LogP contribution is 2.36. The van der Waals surface area contributed by atoms with Crippen LogP contribution < -0.4 is 5.73 Å². The second-order valence-corrected chi connectivity index (χ2v) is 6.02. The van der Waals surface area contributed by atoms with E-state index in [-0.39, 0.29) is 5.56 Å². The Balaban J connectivity index is 2.20. The first kappa shape index (κ1) is 20.7. The number of anilines is 1. The van der Waals surface area contributed by atoms with Crippen LogP contribution in [0.4, 0.5) is 32.0 Å². The summed E-state index contributed by atoms with van der Waals surface area (Å²) in [6, 6.07) is 4.20. The second-order valence-electron chi connectivity index (χ2n) is 5.17. The second kappa shape index (κ2) is 7.22. The number of rotatable bonds is 2. The van der Waals surface area contributed by atoms with Crippen LogP contribution in [0.3, 0.4) is 0 Å². The summed E-state index contributed by atoms with van der Waals surface area (Å²) in [5.41, 5.74) is 1.48. The van der Waals surface area contributed by atoms with E-state index >= 15 is 0 Å². The van der Waals surface area contributed by atoms with Gasteiger partial charge in [0.1, 0.15) is 0 Å². The molecule has 0 saturated heterocycles. The number of carbonyl (C=O) groups excluding carboxylic acids is 2. The number of hydrogen-bond acceptors (Lipinski definition) is 4. The minimum atomic E-state index is -4.73. The molecule has 0 aromatic heterocycles. The number of alkyl halides is 6. The van der Waals surface area contributed by atoms with Gasteiger partial charge in [-0.1, -0.05) is 15.9 Å². The fraction of sp³-hybridized carbons (Fsp3) is 0.125. The molecular formula is C16H8BrF6NO3. The van der Waals surface area contributed by atoms with Gasteiger partial charge in [0.05, 0.1) is 22.3 Å². The zero-order chi connectivity index (χ0) is 20.6. The summed E-state index contributed by atoms with van der Waals surface area (Å²) < 4.78 is 79.9. The molecule has 2 aromatic carbocycles. The van der Waals surface area contributed by atoms with E-state index in [1.165, 1.54) is 0 Å². The number of esters is 2. The third kappa shape index (κ3) is 4.79. The minimum Gasteiger partial charge on any atom is -0.398 e. The van der Waals surface area contributed by atoms with Crippen molar-refractivity contribution < 1.29 is 40.7 Å². The summed E-state index contributed by atoms with van der Waals surface area (Å²) in [4.78, 5) is 23.8. The lowest BCUT2D eigenvalue weighted by Gasteiger charge is -2.11. The van der Waals surface area contributed by atoms with E-state index in [0.29, 0.717) is 18.2 Å². The Labute approximate surface area is 156 Å². The van der Waals surface area contributed by atoms with Gasteiger partial charge in [-0.25, -0.2) is 9.59 Å². The maximum Gasteiger partial charge on any atom is 0.418 e. The topological polar surface area (TPSA) is 69.4 Å². The van der Waals surface area contributed by atoms with E-state index in [0.717, 1.165) is 18.2 Å². The van der Waals surface area contributed by atoms with Gasteiger partial charge in [0.25, 0.3) is 0 Å². The summed E-state index contributed by atoms with van der Waals surface area (Å²) in [5, 5.41) is 0. The van der Waals surface area contributed by atoms with E-state index in [2.05, 4.69) is 20.7 Å². The lowest BCUT2D eigenvalue weighted by atomic mass is 10.1. The minimum absolute atomic E-state index is 0.372. The van der Waals surface area contributed by atoms with E-state index in [1.54, 1.807) is 0 Å². The lowest BCUT2D eigenvalue weighted by molar-refractivity contribution is -0.138. The third-order valence-electron chi connectivity index (χ3n) is 3.29. The molecule has 0 aliphatic rings. The van der Waals surface area contributed by atoms with Gasteiger partial charge in [-0.3, -0.25) is 0 Å². The van der Waals surface area contributed by atoms with Crippen molar-refractivity contribution >= 4 is 33.6 Å². The monoisotopic (exact) mass is 455 g/mol. The predicted molar refractivity (Wildman–Crippen MR) is 84.7 cm³/mol. The van der Waals surface area contributed by atoms with Crippen molar-refractivity contribution in [1.82, 2.24) is 0 Å². The molecule has 0 amide bonds. The van der Waals surface area contributed by atoms with E-state index in [4.69, 9.17) is 5.73 Å². The average Bonchev–Trinajstić information content (AvgIpc) is 2.52. The highest BCUT2D eigenvalue weighted by atomic mass is 79.9. The highest BCUT2D eigenvalue weighted by Gasteiger charge is 2.34. The van der Waals surface area contributed by atoms with Crippen LogP contribution in [-0.2, 0) is 17.1 Å². The number of ether oxygens (including phenoxy) is 1. The van der Waals surface area contributed by atoms with E-state index < -0.39 is 51.1 Å². The molecule has 0 atom stereocenters. The van der Waals surface area contributed by atoms with Gasteiger partial charge in [0.15, 0.2) is 0 Å². The average molecular weight is 456 g/mol. The standard InChI is InChI=1S/C16H8BrF6NO3/c17-11-5-7(1-3-9(11)15(18,19)20)13(25)27-14(26)8-2-4-10(12(24)6-8)16(21,22)23/h1-6H,24H2. The van der Waals surface area contributed by atoms with Crippen LogP contribution in [-0.4, -0.2) is 11.9 Å². The molecule has 0 saturated carbocycles. The Morgan fingerprint density at radius 2 is 1.26 bits per heavy atom. The zero-order valence-corrected chi connectivity index (χ0v) is 14.5. The number of halogens is 7. The van der Waals surface area contributed by atoms with Gasteiger partial charge >= 0.3 is 24.3 Å². The summed E-state index contributed by atoms with van der Waals surface area (Å²) in [5.74, 6) is -2.59. The van der Waals surface area contributed by atoms with Crippen LogP contribution in [0.2, 0.25) is 0 Å². The Morgan fingerprint density at radius 1 is 0.815 bits per heavy atom. The smallest absolute Gasteiger partial charge is 0.398 e. The van der Waals surface area contributed by atoms with Crippen LogP contribution in [0.1, 0.15) is 31.8 Å². The molecule has 0 bridgehead atoms. The van der Waals surface area contributed by atoms with Crippen molar-refractivity contribution in [2.24, 2.45) is 0 Å². The summed E-state index contributed by atoms with van der Waals surface area (Å²) >= 11 is 2.66. The van der Waals surface area contributed by atoms with Crippen molar-refractivity contribution in [2.75, 3.05) is 5.73 Å². The van der Waals surface area contributed by atoms with Crippen molar-refractivity contribution in [1.29, 1.82) is 0 Å². The maximum absolute atomic E-state index is 12.7. The molecule has 0 unspecified atom stereocenters. The molecule has 2 N–H and O–H groups in total. The Morgan fingerprint density at radius 3 is 1.67 bits per heavy atom. The maximum atomic E-state index is 12.7. The van der Waals surface area contributed by atoms with Crippen LogP contribution in [0.15, 0.2) is 40.9 Å². The summed E-state index contributed by atoms with van der Waals surface area (Å²) in [6.45, 7) is 0. The Bertz CT molecular complexity index is 835. The molecule has 2 rings (SSSR count). The van der Waals surface area contributed by atoms with Gasteiger partial charge in [-0.2, -0.15) is 26.3 Å². The molecule has 144 valence electrons. The molecule has 4 nitrogen and oxygen atoms in total. The summed E-state index contributed by atoms with van der Waals surface area (Å²) in [7, 11) is 0. The molecule has 0 heterocycles. The van der Waals surface area contributed by atoms with Crippen molar-refractivity contribution in [3.8, 4) is 0 Å². The van der Waals surface area contributed by atoms with Crippen LogP contribution >= 0.6 is 15.9 Å². The predicted octanol–water partition coefficient (Wildman–Crippen LogP) is 5.07. The molecule has 0 aliphatic carbocycles. The summed E-state index contributed by atoms with van der Waals surface area (Å²) in [6.07, 6.45) is -9.39.